The average Bonchev–Trinajstić information content (AvgIpc) is 2.91. The van der Waals surface area contributed by atoms with Crippen molar-refractivity contribution in [3.63, 3.8) is 0 Å². The number of nitrogen functional groups attached to an aromatic ring is 1. The fourth-order valence-electron chi connectivity index (χ4n) is 5.39. The topological polar surface area (TPSA) is 116 Å². The number of aryl methyl sites for hydroxylation is 1. The SMILES string of the molecule is Cc1nc(N)nc2c1/C(=N/OC1CCN(C(=O)OC(C)(C)C)CC1)C[C@@H](c1ccc(F)cc1-c1cccnc1)C2. The van der Waals surface area contributed by atoms with E-state index in [4.69, 9.17) is 15.3 Å². The zero-order chi connectivity index (χ0) is 28.4. The molecule has 1 aliphatic heterocycles. The van der Waals surface area contributed by atoms with Gasteiger partial charge in [0.25, 0.3) is 0 Å². The smallest absolute Gasteiger partial charge is 0.410 e. The van der Waals surface area contributed by atoms with Gasteiger partial charge < -0.3 is 20.2 Å². The number of ether oxygens (including phenoxy) is 1. The lowest BCUT2D eigenvalue weighted by molar-refractivity contribution is -0.0100. The molecule has 3 aromatic rings. The number of rotatable bonds is 4. The first-order valence-electron chi connectivity index (χ1n) is 13.6. The van der Waals surface area contributed by atoms with Gasteiger partial charge >= 0.3 is 6.09 Å². The Labute approximate surface area is 233 Å². The van der Waals surface area contributed by atoms with E-state index in [1.165, 1.54) is 6.07 Å². The summed E-state index contributed by atoms with van der Waals surface area (Å²) >= 11 is 0. The second kappa shape index (κ2) is 11.2. The second-order valence-corrected chi connectivity index (χ2v) is 11.4. The highest BCUT2D eigenvalue weighted by molar-refractivity contribution is 6.03. The molecule has 1 saturated heterocycles. The Morgan fingerprint density at radius 3 is 2.62 bits per heavy atom. The Morgan fingerprint density at radius 1 is 1.15 bits per heavy atom. The molecular formula is C30H35FN6O3. The number of amides is 1. The third kappa shape index (κ3) is 6.21. The molecule has 1 fully saturated rings. The Bertz CT molecular complexity index is 1410. The first-order valence-corrected chi connectivity index (χ1v) is 13.6. The molecule has 0 saturated carbocycles. The maximum Gasteiger partial charge on any atom is 0.410 e. The van der Waals surface area contributed by atoms with Crippen molar-refractivity contribution in [2.24, 2.45) is 5.16 Å². The molecular weight excluding hydrogens is 511 g/mol. The van der Waals surface area contributed by atoms with E-state index < -0.39 is 5.60 Å². The van der Waals surface area contributed by atoms with Crippen molar-refractivity contribution >= 4 is 17.8 Å². The van der Waals surface area contributed by atoms with Crippen molar-refractivity contribution in [3.05, 3.63) is 71.1 Å². The molecule has 1 aromatic carbocycles. The van der Waals surface area contributed by atoms with Crippen LogP contribution >= 0.6 is 0 Å². The Morgan fingerprint density at radius 2 is 1.93 bits per heavy atom. The predicted octanol–water partition coefficient (Wildman–Crippen LogP) is 5.42. The fourth-order valence-corrected chi connectivity index (χ4v) is 5.39. The molecule has 2 aromatic heterocycles. The highest BCUT2D eigenvalue weighted by Crippen LogP contribution is 2.38. The van der Waals surface area contributed by atoms with Crippen LogP contribution in [0, 0.1) is 12.7 Å². The second-order valence-electron chi connectivity index (χ2n) is 11.4. The van der Waals surface area contributed by atoms with Crippen molar-refractivity contribution in [2.45, 2.75) is 71.0 Å². The normalized spacial score (nSPS) is 18.9. The number of likely N-dealkylation sites (tertiary alicyclic amines) is 1. The van der Waals surface area contributed by atoms with E-state index in [9.17, 15) is 9.18 Å². The maximum absolute atomic E-state index is 14.4. The van der Waals surface area contributed by atoms with E-state index in [0.29, 0.717) is 38.8 Å². The van der Waals surface area contributed by atoms with E-state index >= 15 is 0 Å². The van der Waals surface area contributed by atoms with Gasteiger partial charge in [0.15, 0.2) is 0 Å². The van der Waals surface area contributed by atoms with Crippen molar-refractivity contribution in [3.8, 4) is 11.1 Å². The Balaban J connectivity index is 1.39. The molecule has 1 aliphatic carbocycles. The number of hydrogen-bond donors (Lipinski definition) is 1. The van der Waals surface area contributed by atoms with Crippen LogP contribution in [0.2, 0.25) is 0 Å². The lowest BCUT2D eigenvalue weighted by Crippen LogP contribution is -2.43. The maximum atomic E-state index is 14.4. The van der Waals surface area contributed by atoms with Gasteiger partial charge in [-0.3, -0.25) is 4.98 Å². The van der Waals surface area contributed by atoms with Gasteiger partial charge in [0.2, 0.25) is 5.95 Å². The van der Waals surface area contributed by atoms with Crippen LogP contribution in [0.4, 0.5) is 15.1 Å². The lowest BCUT2D eigenvalue weighted by Gasteiger charge is -2.33. The summed E-state index contributed by atoms with van der Waals surface area (Å²) < 4.78 is 19.9. The van der Waals surface area contributed by atoms with Crippen LogP contribution in [0.25, 0.3) is 11.1 Å². The number of nitrogens with two attached hydrogens (primary N) is 1. The van der Waals surface area contributed by atoms with E-state index in [1.807, 2.05) is 45.9 Å². The predicted molar refractivity (Wildman–Crippen MR) is 150 cm³/mol. The summed E-state index contributed by atoms with van der Waals surface area (Å²) in [5.41, 5.74) is 11.2. The number of carbonyl (C=O) groups is 1. The van der Waals surface area contributed by atoms with Crippen LogP contribution in [0.5, 0.6) is 0 Å². The number of benzene rings is 1. The van der Waals surface area contributed by atoms with Crippen LogP contribution < -0.4 is 5.73 Å². The van der Waals surface area contributed by atoms with Crippen molar-refractivity contribution < 1.29 is 18.8 Å². The quantitative estimate of drug-likeness (QED) is 0.435. The van der Waals surface area contributed by atoms with E-state index in [0.717, 1.165) is 39.4 Å². The highest BCUT2D eigenvalue weighted by Gasteiger charge is 2.32. The minimum absolute atomic E-state index is 0.0339. The van der Waals surface area contributed by atoms with Crippen LogP contribution in [-0.2, 0) is 16.0 Å². The van der Waals surface area contributed by atoms with Crippen molar-refractivity contribution in [1.29, 1.82) is 0 Å². The van der Waals surface area contributed by atoms with E-state index in [1.54, 1.807) is 23.4 Å². The van der Waals surface area contributed by atoms with Gasteiger partial charge in [-0.25, -0.2) is 19.2 Å². The minimum Gasteiger partial charge on any atom is -0.444 e. The summed E-state index contributed by atoms with van der Waals surface area (Å²) in [5.74, 6) is -0.136. The molecule has 1 amide bonds. The first-order chi connectivity index (χ1) is 19.1. The summed E-state index contributed by atoms with van der Waals surface area (Å²) in [6.07, 6.45) is 5.45. The molecule has 3 heterocycles. The van der Waals surface area contributed by atoms with Gasteiger partial charge in [0.05, 0.1) is 17.1 Å². The number of aromatic nitrogens is 3. The van der Waals surface area contributed by atoms with Gasteiger partial charge in [0.1, 0.15) is 17.5 Å². The van der Waals surface area contributed by atoms with Crippen LogP contribution in [-0.4, -0.2) is 56.5 Å². The molecule has 2 N–H and O–H groups in total. The number of nitrogens with zero attached hydrogens (tertiary/aromatic N) is 5. The summed E-state index contributed by atoms with van der Waals surface area (Å²) in [7, 11) is 0. The summed E-state index contributed by atoms with van der Waals surface area (Å²) in [4.78, 5) is 33.4. The third-order valence-corrected chi connectivity index (χ3v) is 7.18. The van der Waals surface area contributed by atoms with Gasteiger partial charge in [-0.15, -0.1) is 0 Å². The van der Waals surface area contributed by atoms with Gasteiger partial charge in [-0.2, -0.15) is 0 Å². The number of fused-ring (bicyclic) bond motifs is 1. The zero-order valence-corrected chi connectivity index (χ0v) is 23.4. The number of anilines is 1. The average molecular weight is 547 g/mol. The zero-order valence-electron chi connectivity index (χ0n) is 23.4. The van der Waals surface area contributed by atoms with Crippen LogP contribution in [0.3, 0.4) is 0 Å². The van der Waals surface area contributed by atoms with Gasteiger partial charge in [-0.05, 0) is 69.4 Å². The van der Waals surface area contributed by atoms with Gasteiger partial charge in [0, 0.05) is 55.9 Å². The van der Waals surface area contributed by atoms with E-state index in [-0.39, 0.29) is 29.9 Å². The Kier molecular flexibility index (Phi) is 7.69. The number of pyridine rings is 1. The molecule has 1 atom stereocenters. The molecule has 5 rings (SSSR count). The summed E-state index contributed by atoms with van der Waals surface area (Å²) in [6.45, 7) is 8.54. The van der Waals surface area contributed by atoms with Crippen LogP contribution in [0.1, 0.15) is 68.5 Å². The summed E-state index contributed by atoms with van der Waals surface area (Å²) in [5, 5.41) is 4.64. The number of halogens is 1. The number of hydrogen-bond acceptors (Lipinski definition) is 8. The standard InChI is InChI=1S/C30H35FN6O3/c1-18-27-25(35-28(32)34-18)14-20(23-8-7-21(31)16-24(23)19-6-5-11-33-17-19)15-26(27)36-40-22-9-12-37(13-10-22)29(38)39-30(2,3)4/h5-8,11,16-17,20,22H,9-10,12-15H2,1-4H3,(H2,32,34,35)/b36-26+/t20-/m0/s1. The summed E-state index contributed by atoms with van der Waals surface area (Å²) in [6, 6.07) is 8.62. The van der Waals surface area contributed by atoms with Crippen LogP contribution in [0.15, 0.2) is 47.9 Å². The third-order valence-electron chi connectivity index (χ3n) is 7.18. The molecule has 10 heteroatoms. The molecule has 0 spiro atoms. The highest BCUT2D eigenvalue weighted by atomic mass is 19.1. The number of piperidine rings is 1. The molecule has 9 nitrogen and oxygen atoms in total. The molecule has 2 aliphatic rings. The largest absolute Gasteiger partial charge is 0.444 e. The first kappa shape index (κ1) is 27.5. The molecule has 0 unspecified atom stereocenters. The monoisotopic (exact) mass is 546 g/mol. The number of carbonyl (C=O) groups excluding carboxylic acids is 1. The minimum atomic E-state index is -0.536. The molecule has 210 valence electrons. The molecule has 0 bridgehead atoms. The Hall–Kier alpha value is -4.08. The lowest BCUT2D eigenvalue weighted by atomic mass is 9.78. The fraction of sp³-hybridized carbons (Fsp3) is 0.433. The number of oxime groups is 1. The van der Waals surface area contributed by atoms with Gasteiger partial charge in [-0.1, -0.05) is 17.3 Å². The van der Waals surface area contributed by atoms with Crippen molar-refractivity contribution in [2.75, 3.05) is 18.8 Å². The van der Waals surface area contributed by atoms with E-state index in [2.05, 4.69) is 20.1 Å². The molecule has 40 heavy (non-hydrogen) atoms. The molecule has 0 radical (unpaired) electrons. The van der Waals surface area contributed by atoms with Crippen molar-refractivity contribution in [1.82, 2.24) is 19.9 Å².